The first-order valence-corrected chi connectivity index (χ1v) is 10.9. The summed E-state index contributed by atoms with van der Waals surface area (Å²) in [5.41, 5.74) is 1.41. The van der Waals surface area contributed by atoms with Crippen molar-refractivity contribution < 1.29 is 0 Å². The lowest BCUT2D eigenvalue weighted by Gasteiger charge is -2.01. The monoisotopic (exact) mass is 464 g/mol. The van der Waals surface area contributed by atoms with E-state index in [9.17, 15) is 19.2 Å². The summed E-state index contributed by atoms with van der Waals surface area (Å²) in [4.78, 5) is 55.9. The molecule has 32 heavy (non-hydrogen) atoms. The van der Waals surface area contributed by atoms with Gasteiger partial charge < -0.3 is 0 Å². The zero-order valence-electron chi connectivity index (χ0n) is 16.0. The van der Waals surface area contributed by atoms with E-state index in [1.165, 1.54) is 46.9 Å². The molecule has 12 heteroatoms. The summed E-state index contributed by atoms with van der Waals surface area (Å²) in [5.74, 6) is 0. The zero-order valence-corrected chi connectivity index (χ0v) is 17.6. The SMILES string of the molecule is O=c1ccc(=O)n(-c2nc(-c3ccc(-c4csc(-n5[nH]c(=O)ccc5=O)n4)cc3)cs2)[nH]1. The van der Waals surface area contributed by atoms with Gasteiger partial charge in [-0.15, -0.1) is 22.7 Å². The van der Waals surface area contributed by atoms with Gasteiger partial charge >= 0.3 is 0 Å². The van der Waals surface area contributed by atoms with Crippen LogP contribution in [0.15, 0.2) is 78.5 Å². The van der Waals surface area contributed by atoms with Gasteiger partial charge in [-0.05, 0) is 0 Å². The summed E-state index contributed by atoms with van der Waals surface area (Å²) in [6.45, 7) is 0. The summed E-state index contributed by atoms with van der Waals surface area (Å²) >= 11 is 2.47. The van der Waals surface area contributed by atoms with Gasteiger partial charge in [-0.3, -0.25) is 29.4 Å². The second-order valence-corrected chi connectivity index (χ2v) is 8.25. The highest BCUT2D eigenvalue weighted by molar-refractivity contribution is 7.12. The maximum absolute atomic E-state index is 12.0. The molecule has 2 N–H and O–H groups in total. The van der Waals surface area contributed by atoms with Crippen molar-refractivity contribution in [2.75, 3.05) is 0 Å². The number of nitrogens with one attached hydrogen (secondary N) is 2. The normalized spacial score (nSPS) is 11.0. The van der Waals surface area contributed by atoms with E-state index >= 15 is 0 Å². The molecule has 0 fully saturated rings. The van der Waals surface area contributed by atoms with Crippen molar-refractivity contribution in [3.8, 4) is 32.8 Å². The lowest BCUT2D eigenvalue weighted by atomic mass is 10.1. The zero-order chi connectivity index (χ0) is 22.2. The van der Waals surface area contributed by atoms with E-state index < -0.39 is 11.1 Å². The molecular formula is C20H12N6O4S2. The Morgan fingerprint density at radius 3 is 1.41 bits per heavy atom. The van der Waals surface area contributed by atoms with Gasteiger partial charge in [0.15, 0.2) is 0 Å². The Balaban J connectivity index is 1.43. The van der Waals surface area contributed by atoms with Gasteiger partial charge in [0.05, 0.1) is 11.4 Å². The summed E-state index contributed by atoms with van der Waals surface area (Å²) in [7, 11) is 0. The summed E-state index contributed by atoms with van der Waals surface area (Å²) in [6, 6.07) is 12.2. The first-order valence-electron chi connectivity index (χ1n) is 9.15. The average Bonchev–Trinajstić information content (AvgIpc) is 3.47. The quantitative estimate of drug-likeness (QED) is 0.415. The van der Waals surface area contributed by atoms with Crippen molar-refractivity contribution in [2.45, 2.75) is 0 Å². The number of hydrogen-bond donors (Lipinski definition) is 2. The Labute approximate surface area is 185 Å². The molecule has 0 unspecified atom stereocenters. The van der Waals surface area contributed by atoms with Crippen LogP contribution in [0.25, 0.3) is 32.8 Å². The molecular weight excluding hydrogens is 452 g/mol. The number of H-pyrrole nitrogens is 2. The third kappa shape index (κ3) is 3.68. The second kappa shape index (κ2) is 7.83. The molecule has 0 amide bonds. The molecule has 158 valence electrons. The Bertz CT molecular complexity index is 1540. The molecule has 1 aromatic carbocycles. The molecule has 0 atom stereocenters. The van der Waals surface area contributed by atoms with Crippen LogP contribution < -0.4 is 22.2 Å². The van der Waals surface area contributed by atoms with Crippen molar-refractivity contribution >= 4 is 22.7 Å². The highest BCUT2D eigenvalue weighted by atomic mass is 32.1. The van der Waals surface area contributed by atoms with Gasteiger partial charge in [-0.2, -0.15) is 9.36 Å². The Kier molecular flexibility index (Phi) is 4.84. The fourth-order valence-electron chi connectivity index (χ4n) is 2.94. The second-order valence-electron chi connectivity index (χ2n) is 6.57. The van der Waals surface area contributed by atoms with E-state index in [4.69, 9.17) is 0 Å². The predicted octanol–water partition coefficient (Wildman–Crippen LogP) is 1.61. The minimum Gasteiger partial charge on any atom is -0.268 e. The minimum absolute atomic E-state index is 0.359. The van der Waals surface area contributed by atoms with Gasteiger partial charge in [0, 0.05) is 46.2 Å². The number of nitrogens with zero attached hydrogens (tertiary/aromatic N) is 4. The number of aromatic amines is 2. The molecule has 5 aromatic rings. The highest BCUT2D eigenvalue weighted by Gasteiger charge is 2.11. The molecule has 0 saturated carbocycles. The predicted molar refractivity (Wildman–Crippen MR) is 121 cm³/mol. The standard InChI is InChI=1S/C20H12N6O4S2/c27-15-5-7-17(29)25(23-15)19-21-13(9-31-19)11-1-2-12(4-3-11)14-10-32-20(22-14)26-18(30)8-6-16(28)24-26/h1-10H,(H,23,27)(H,24,28). The van der Waals surface area contributed by atoms with E-state index in [-0.39, 0.29) is 11.1 Å². The maximum Gasteiger partial charge on any atom is 0.272 e. The lowest BCUT2D eigenvalue weighted by molar-refractivity contribution is 0.780. The van der Waals surface area contributed by atoms with Crippen LogP contribution >= 0.6 is 22.7 Å². The molecule has 0 bridgehead atoms. The van der Waals surface area contributed by atoms with Gasteiger partial charge in [-0.25, -0.2) is 9.97 Å². The fraction of sp³-hybridized carbons (Fsp3) is 0. The number of thiazole rings is 2. The Hall–Kier alpha value is -4.16. The molecule has 0 aliphatic carbocycles. The fourth-order valence-corrected chi connectivity index (χ4v) is 4.54. The van der Waals surface area contributed by atoms with Crippen LogP contribution in [0.5, 0.6) is 0 Å². The van der Waals surface area contributed by atoms with Crippen molar-refractivity contribution in [3.05, 3.63) is 101 Å². The molecule has 0 radical (unpaired) electrons. The largest absolute Gasteiger partial charge is 0.272 e. The Morgan fingerprint density at radius 2 is 1.00 bits per heavy atom. The van der Waals surface area contributed by atoms with Crippen LogP contribution in [0.4, 0.5) is 0 Å². The summed E-state index contributed by atoms with van der Waals surface area (Å²) in [5, 5.41) is 9.21. The van der Waals surface area contributed by atoms with Crippen molar-refractivity contribution in [1.29, 1.82) is 0 Å². The molecule has 0 aliphatic rings. The van der Waals surface area contributed by atoms with Crippen LogP contribution in [0.1, 0.15) is 0 Å². The molecule has 0 spiro atoms. The lowest BCUT2D eigenvalue weighted by Crippen LogP contribution is -2.26. The molecule has 10 nitrogen and oxygen atoms in total. The van der Waals surface area contributed by atoms with Crippen molar-refractivity contribution in [3.63, 3.8) is 0 Å². The topological polar surface area (TPSA) is 136 Å². The van der Waals surface area contributed by atoms with Crippen molar-refractivity contribution in [2.24, 2.45) is 0 Å². The number of aromatic nitrogens is 6. The smallest absolute Gasteiger partial charge is 0.268 e. The van der Waals surface area contributed by atoms with Crippen LogP contribution in [0.3, 0.4) is 0 Å². The van der Waals surface area contributed by atoms with E-state index in [1.54, 1.807) is 10.8 Å². The maximum atomic E-state index is 12.0. The van der Waals surface area contributed by atoms with Crippen LogP contribution in [-0.2, 0) is 0 Å². The van der Waals surface area contributed by atoms with Gasteiger partial charge in [-0.1, -0.05) is 24.3 Å². The number of benzene rings is 1. The molecule has 0 saturated heterocycles. The highest BCUT2D eigenvalue weighted by Crippen LogP contribution is 2.27. The van der Waals surface area contributed by atoms with E-state index in [0.29, 0.717) is 21.7 Å². The number of rotatable bonds is 4. The minimum atomic E-state index is -0.393. The van der Waals surface area contributed by atoms with Gasteiger partial charge in [0.1, 0.15) is 0 Å². The third-order valence-corrected chi connectivity index (χ3v) is 6.13. The average molecular weight is 464 g/mol. The van der Waals surface area contributed by atoms with E-state index in [1.807, 2.05) is 24.3 Å². The van der Waals surface area contributed by atoms with Crippen LogP contribution in [0, 0.1) is 0 Å². The number of hydrogen-bond acceptors (Lipinski definition) is 8. The van der Waals surface area contributed by atoms with Crippen LogP contribution in [-0.4, -0.2) is 29.5 Å². The van der Waals surface area contributed by atoms with Gasteiger partial charge in [0.2, 0.25) is 10.3 Å². The first kappa shape index (κ1) is 19.8. The molecule has 0 aliphatic heterocycles. The first-order chi connectivity index (χ1) is 15.5. The van der Waals surface area contributed by atoms with E-state index in [0.717, 1.165) is 20.5 Å². The summed E-state index contributed by atoms with van der Waals surface area (Å²) in [6.07, 6.45) is 0. The molecule has 5 rings (SSSR count). The third-order valence-electron chi connectivity index (χ3n) is 4.48. The summed E-state index contributed by atoms with van der Waals surface area (Å²) < 4.78 is 2.22. The van der Waals surface area contributed by atoms with E-state index in [2.05, 4.69) is 20.2 Å². The van der Waals surface area contributed by atoms with Crippen LogP contribution in [0.2, 0.25) is 0 Å². The van der Waals surface area contributed by atoms with Crippen molar-refractivity contribution in [1.82, 2.24) is 29.5 Å². The van der Waals surface area contributed by atoms with Gasteiger partial charge in [0.25, 0.3) is 22.2 Å². The Morgan fingerprint density at radius 1 is 0.594 bits per heavy atom. The molecule has 4 heterocycles. The molecule has 4 aromatic heterocycles.